The monoisotopic (exact) mass is 181 g/mol. The number of aromatic nitrogens is 2. The van der Waals surface area contributed by atoms with Crippen molar-refractivity contribution in [3.05, 3.63) is 11.1 Å². The number of hydrogen-bond acceptors (Lipinski definition) is 4. The van der Waals surface area contributed by atoms with Crippen molar-refractivity contribution in [1.29, 1.82) is 0 Å². The van der Waals surface area contributed by atoms with Crippen LogP contribution in [0.4, 0.5) is 0 Å². The van der Waals surface area contributed by atoms with Gasteiger partial charge in [-0.2, -0.15) is 0 Å². The predicted octanol–water partition coefficient (Wildman–Crippen LogP) is 1.21. The first-order valence-corrected chi connectivity index (χ1v) is 4.68. The van der Waals surface area contributed by atoms with E-state index in [1.54, 1.807) is 0 Å². The average Bonchev–Trinajstić information content (AvgIpc) is 2.59. The highest BCUT2D eigenvalue weighted by Gasteiger charge is 2.08. The molecule has 0 fully saturated rings. The molecule has 1 atom stereocenters. The van der Waals surface area contributed by atoms with Crippen LogP contribution in [0.5, 0.6) is 0 Å². The molecule has 0 saturated carbocycles. The average molecular weight is 181 g/mol. The first-order chi connectivity index (χ1) is 5.88. The molecule has 1 N–H and O–H groups in total. The Kier molecular flexibility index (Phi) is 3.71. The molecule has 0 bridgehead atoms. The molecule has 0 spiro atoms. The Bertz CT molecular complexity index is 250. The van der Waals surface area contributed by atoms with E-state index >= 15 is 0 Å². The third-order valence-electron chi connectivity index (χ3n) is 1.44. The van der Waals surface area contributed by atoms with Crippen molar-refractivity contribution < 1.29 is 0 Å². The number of terminal acetylenes is 1. The first-order valence-electron chi connectivity index (χ1n) is 3.85. The van der Waals surface area contributed by atoms with Gasteiger partial charge in [0.1, 0.15) is 11.7 Å². The summed E-state index contributed by atoms with van der Waals surface area (Å²) in [5, 5.41) is 8.96. The molecule has 1 rings (SSSR count). The van der Waals surface area contributed by atoms with Gasteiger partial charge in [-0.15, -0.1) is 11.5 Å². The van der Waals surface area contributed by atoms with Crippen molar-refractivity contribution in [2.45, 2.75) is 19.4 Å². The topological polar surface area (TPSA) is 37.8 Å². The van der Waals surface area contributed by atoms with E-state index in [2.05, 4.69) is 27.7 Å². The van der Waals surface area contributed by atoms with E-state index < -0.39 is 0 Å². The molecule has 3 nitrogen and oxygen atoms in total. The SMILES string of the molecule is C#CC(NCCC)c1csnn1. The standard InChI is InChI=1S/C8H11N3S/c1-3-5-9-7(4-2)8-6-12-11-10-8/h2,6-7,9H,3,5H2,1H3. The highest BCUT2D eigenvalue weighted by atomic mass is 32.1. The second-order valence-corrected chi connectivity index (χ2v) is 2.99. The number of hydrogen-bond donors (Lipinski definition) is 1. The van der Waals surface area contributed by atoms with Crippen LogP contribution in [0.25, 0.3) is 0 Å². The highest BCUT2D eigenvalue weighted by Crippen LogP contribution is 2.09. The Labute approximate surface area is 76.4 Å². The summed E-state index contributed by atoms with van der Waals surface area (Å²) >= 11 is 1.32. The van der Waals surface area contributed by atoms with Crippen molar-refractivity contribution in [2.75, 3.05) is 6.54 Å². The maximum atomic E-state index is 5.33. The van der Waals surface area contributed by atoms with E-state index in [9.17, 15) is 0 Å². The van der Waals surface area contributed by atoms with Crippen LogP contribution in [0.2, 0.25) is 0 Å². The van der Waals surface area contributed by atoms with E-state index in [1.807, 2.05) is 5.38 Å². The molecule has 1 aromatic heterocycles. The van der Waals surface area contributed by atoms with E-state index in [-0.39, 0.29) is 6.04 Å². The van der Waals surface area contributed by atoms with Crippen LogP contribution >= 0.6 is 11.5 Å². The van der Waals surface area contributed by atoms with Gasteiger partial charge in [0.2, 0.25) is 0 Å². The Morgan fingerprint density at radius 1 is 1.83 bits per heavy atom. The van der Waals surface area contributed by atoms with Gasteiger partial charge in [-0.25, -0.2) is 0 Å². The van der Waals surface area contributed by atoms with Gasteiger partial charge in [-0.1, -0.05) is 17.3 Å². The zero-order valence-corrected chi connectivity index (χ0v) is 7.77. The van der Waals surface area contributed by atoms with Crippen LogP contribution in [-0.2, 0) is 0 Å². The highest BCUT2D eigenvalue weighted by molar-refractivity contribution is 7.03. The van der Waals surface area contributed by atoms with Crippen molar-refractivity contribution in [3.8, 4) is 12.3 Å². The van der Waals surface area contributed by atoms with Gasteiger partial charge in [-0.3, -0.25) is 5.32 Å². The molecule has 1 unspecified atom stereocenters. The summed E-state index contributed by atoms with van der Waals surface area (Å²) < 4.78 is 3.76. The quantitative estimate of drug-likeness (QED) is 0.709. The summed E-state index contributed by atoms with van der Waals surface area (Å²) in [6.07, 6.45) is 6.39. The molecule has 1 heterocycles. The molecule has 0 aliphatic rings. The summed E-state index contributed by atoms with van der Waals surface area (Å²) in [6.45, 7) is 3.01. The van der Waals surface area contributed by atoms with Crippen molar-refractivity contribution >= 4 is 11.5 Å². The molecule has 4 heteroatoms. The molecule has 0 amide bonds. The normalized spacial score (nSPS) is 12.3. The smallest absolute Gasteiger partial charge is 0.114 e. The predicted molar refractivity (Wildman–Crippen MR) is 49.8 cm³/mol. The van der Waals surface area contributed by atoms with Crippen LogP contribution in [0.15, 0.2) is 5.38 Å². The maximum Gasteiger partial charge on any atom is 0.114 e. The van der Waals surface area contributed by atoms with Crippen LogP contribution in [0.3, 0.4) is 0 Å². The van der Waals surface area contributed by atoms with Gasteiger partial charge in [0.25, 0.3) is 0 Å². The first kappa shape index (κ1) is 9.17. The summed E-state index contributed by atoms with van der Waals surface area (Å²) in [7, 11) is 0. The Balaban J connectivity index is 2.53. The lowest BCUT2D eigenvalue weighted by atomic mass is 10.2. The Morgan fingerprint density at radius 3 is 3.17 bits per heavy atom. The Morgan fingerprint density at radius 2 is 2.67 bits per heavy atom. The molecule has 64 valence electrons. The lowest BCUT2D eigenvalue weighted by Gasteiger charge is -2.07. The van der Waals surface area contributed by atoms with Gasteiger partial charge in [-0.05, 0) is 24.5 Å². The zero-order valence-electron chi connectivity index (χ0n) is 6.95. The molecule has 0 aliphatic carbocycles. The minimum absolute atomic E-state index is 0.0799. The molecular weight excluding hydrogens is 170 g/mol. The van der Waals surface area contributed by atoms with Crippen LogP contribution in [0.1, 0.15) is 25.1 Å². The minimum atomic E-state index is -0.0799. The van der Waals surface area contributed by atoms with Gasteiger partial charge >= 0.3 is 0 Å². The van der Waals surface area contributed by atoms with Crippen molar-refractivity contribution in [1.82, 2.24) is 14.9 Å². The fourth-order valence-electron chi connectivity index (χ4n) is 0.835. The number of rotatable bonds is 4. The second-order valence-electron chi connectivity index (χ2n) is 2.38. The van der Waals surface area contributed by atoms with Crippen LogP contribution in [-0.4, -0.2) is 16.1 Å². The van der Waals surface area contributed by atoms with Gasteiger partial charge in [0, 0.05) is 5.38 Å². The van der Waals surface area contributed by atoms with Crippen LogP contribution < -0.4 is 5.32 Å². The summed E-state index contributed by atoms with van der Waals surface area (Å²) in [4.78, 5) is 0. The lowest BCUT2D eigenvalue weighted by molar-refractivity contribution is 0.613. The zero-order chi connectivity index (χ0) is 8.81. The summed E-state index contributed by atoms with van der Waals surface area (Å²) in [5.74, 6) is 2.63. The molecule has 0 radical (unpaired) electrons. The largest absolute Gasteiger partial charge is 0.299 e. The lowest BCUT2D eigenvalue weighted by Crippen LogP contribution is -2.20. The molecule has 1 aromatic rings. The van der Waals surface area contributed by atoms with Crippen molar-refractivity contribution in [3.63, 3.8) is 0 Å². The van der Waals surface area contributed by atoms with Gasteiger partial charge in [0.05, 0.1) is 0 Å². The third-order valence-corrected chi connectivity index (χ3v) is 1.96. The fraction of sp³-hybridized carbons (Fsp3) is 0.500. The van der Waals surface area contributed by atoms with E-state index in [1.165, 1.54) is 11.5 Å². The van der Waals surface area contributed by atoms with Gasteiger partial charge < -0.3 is 0 Å². The summed E-state index contributed by atoms with van der Waals surface area (Å²) in [6, 6.07) is -0.0799. The summed E-state index contributed by atoms with van der Waals surface area (Å²) in [5.41, 5.74) is 0.843. The minimum Gasteiger partial charge on any atom is -0.299 e. The third kappa shape index (κ3) is 2.29. The van der Waals surface area contributed by atoms with Gasteiger partial charge in [0.15, 0.2) is 0 Å². The molecule has 0 aromatic carbocycles. The van der Waals surface area contributed by atoms with Crippen LogP contribution in [0, 0.1) is 12.3 Å². The molecule has 12 heavy (non-hydrogen) atoms. The molecule has 0 saturated heterocycles. The molecule has 0 aliphatic heterocycles. The number of nitrogens with one attached hydrogen (secondary N) is 1. The fourth-order valence-corrected chi connectivity index (χ4v) is 1.31. The van der Waals surface area contributed by atoms with E-state index in [0.717, 1.165) is 18.7 Å². The van der Waals surface area contributed by atoms with E-state index in [0.29, 0.717) is 0 Å². The second kappa shape index (κ2) is 4.86. The van der Waals surface area contributed by atoms with Crippen molar-refractivity contribution in [2.24, 2.45) is 0 Å². The Hall–Kier alpha value is -0.920. The van der Waals surface area contributed by atoms with E-state index in [4.69, 9.17) is 6.42 Å². The molecular formula is C8H11N3S. The number of nitrogens with zero attached hydrogens (tertiary/aromatic N) is 2. The maximum absolute atomic E-state index is 5.33.